The molecule has 0 saturated carbocycles. The molecule has 9 heteroatoms. The van der Waals surface area contributed by atoms with Gasteiger partial charge in [-0.2, -0.15) is 0 Å². The summed E-state index contributed by atoms with van der Waals surface area (Å²) in [5.41, 5.74) is 13.1. The zero-order valence-electron chi connectivity index (χ0n) is 46.9. The first kappa shape index (κ1) is 54.3. The van der Waals surface area contributed by atoms with Gasteiger partial charge in [-0.15, -0.1) is 0 Å². The lowest BCUT2D eigenvalue weighted by Crippen LogP contribution is -2.35. The maximum absolute atomic E-state index is 12.6. The van der Waals surface area contributed by atoms with Crippen molar-refractivity contribution in [2.45, 2.75) is 98.8 Å². The molecule has 0 fully saturated rings. The summed E-state index contributed by atoms with van der Waals surface area (Å²) in [7, 11) is 4.91. The number of hydrogen-bond donors (Lipinski definition) is 4. The second-order valence-corrected chi connectivity index (χ2v) is 22.3. The fourth-order valence-electron chi connectivity index (χ4n) is 12.1. The Kier molecular flexibility index (Phi) is 15.7. The number of fused-ring (bicyclic) bond motifs is 10. The molecule has 0 spiro atoms. The molecular formula is C68H75BO8. The lowest BCUT2D eigenvalue weighted by molar-refractivity contribution is 0.386. The van der Waals surface area contributed by atoms with Crippen LogP contribution in [0.5, 0.6) is 46.0 Å². The molecule has 4 N–H and O–H groups in total. The monoisotopic (exact) mass is 1030 g/mol. The van der Waals surface area contributed by atoms with E-state index in [1.165, 1.54) is 23.3 Å². The van der Waals surface area contributed by atoms with E-state index < -0.39 is 30.6 Å². The minimum atomic E-state index is -0.754. The number of phenolic OH excluding ortho intramolecular Hbond substituents is 4. The normalized spacial score (nSPS) is 20.0. The Hall–Kier alpha value is -7.52. The highest BCUT2D eigenvalue weighted by Crippen LogP contribution is 2.57. The number of hydrogen-bond acceptors (Lipinski definition) is 8. The van der Waals surface area contributed by atoms with Gasteiger partial charge in [0.05, 0.1) is 21.3 Å². The molecule has 398 valence electrons. The van der Waals surface area contributed by atoms with Gasteiger partial charge in [-0.05, 0) is 101 Å². The van der Waals surface area contributed by atoms with E-state index in [4.69, 9.17) is 25.4 Å². The molecule has 9 rings (SSSR count). The standard InChI is InChI=1S/C68H75BO8/c1-14-42(37(2)3)22-21-41(10)65-47-29-48(58(71)33-57(47)70)66(45-19-15-17-43(23-25-45)38(4)5)52-32-53(62(75-12)35-61(52)74-11)67(46-20-16-18-44(24-26-46)39(6)7)49-30-50(60(73)34-59(49)72)68-54-31-51(65)63(76-13)36-64(54)77-69-55(40(8)9)27-28-56(68)69/h14-15,18-40,65-68,70-73H,10,16-17H2,1-9,11-13H3/b22-21-,42-14+. The molecule has 8 nitrogen and oxygen atoms in total. The first-order chi connectivity index (χ1) is 36.9. The van der Waals surface area contributed by atoms with Crippen LogP contribution in [-0.4, -0.2) is 48.7 Å². The highest BCUT2D eigenvalue weighted by molar-refractivity contribution is 6.70. The van der Waals surface area contributed by atoms with Crippen LogP contribution < -0.4 is 18.9 Å². The lowest BCUT2D eigenvalue weighted by Gasteiger charge is -2.36. The maximum Gasteiger partial charge on any atom is 0.419 e. The highest BCUT2D eigenvalue weighted by atomic mass is 16.5. The van der Waals surface area contributed by atoms with Crippen LogP contribution >= 0.6 is 0 Å². The second kappa shape index (κ2) is 22.2. The van der Waals surface area contributed by atoms with E-state index in [1.54, 1.807) is 21.3 Å². The summed E-state index contributed by atoms with van der Waals surface area (Å²) in [6.07, 6.45) is 29.1. The molecule has 4 aromatic carbocycles. The Balaban J connectivity index is 1.47. The zero-order chi connectivity index (χ0) is 55.1. The van der Waals surface area contributed by atoms with Crippen molar-refractivity contribution in [2.24, 2.45) is 23.7 Å². The van der Waals surface area contributed by atoms with E-state index in [-0.39, 0.29) is 46.7 Å². The van der Waals surface area contributed by atoms with Gasteiger partial charge in [0.15, 0.2) is 0 Å². The van der Waals surface area contributed by atoms with Gasteiger partial charge >= 0.3 is 6.92 Å². The molecular weight excluding hydrogens is 956 g/mol. The maximum atomic E-state index is 12.6. The number of ether oxygens (including phenoxy) is 3. The molecule has 4 unspecified atom stereocenters. The van der Waals surface area contributed by atoms with Crippen molar-refractivity contribution >= 4 is 6.92 Å². The van der Waals surface area contributed by atoms with Crippen LogP contribution in [0.3, 0.4) is 0 Å². The van der Waals surface area contributed by atoms with E-state index in [2.05, 4.69) is 140 Å². The Morgan fingerprint density at radius 1 is 0.584 bits per heavy atom. The number of aromatic hydroxyl groups is 4. The third-order valence-corrected chi connectivity index (χ3v) is 16.4. The van der Waals surface area contributed by atoms with E-state index in [0.29, 0.717) is 68.4 Å². The quantitative estimate of drug-likeness (QED) is 0.0819. The first-order valence-corrected chi connectivity index (χ1v) is 27.2. The number of benzene rings is 4. The van der Waals surface area contributed by atoms with Crippen LogP contribution in [0, 0.1) is 23.7 Å². The summed E-state index contributed by atoms with van der Waals surface area (Å²) in [6, 6.07) is 14.8. The fourth-order valence-corrected chi connectivity index (χ4v) is 12.1. The van der Waals surface area contributed by atoms with E-state index >= 15 is 0 Å². The minimum absolute atomic E-state index is 0.0752. The van der Waals surface area contributed by atoms with Crippen molar-refractivity contribution in [3.05, 3.63) is 223 Å². The molecule has 0 radical (unpaired) electrons. The topological polar surface area (TPSA) is 118 Å². The van der Waals surface area contributed by atoms with E-state index in [9.17, 15) is 20.4 Å². The van der Waals surface area contributed by atoms with Gasteiger partial charge in [-0.25, -0.2) is 0 Å². The van der Waals surface area contributed by atoms with Crippen LogP contribution in [-0.2, 0) is 0 Å². The molecule has 4 atom stereocenters. The van der Waals surface area contributed by atoms with E-state index in [1.807, 2.05) is 37.3 Å². The summed E-state index contributed by atoms with van der Waals surface area (Å²) < 4.78 is 26.3. The largest absolute Gasteiger partial charge is 0.551 e. The van der Waals surface area contributed by atoms with Gasteiger partial charge in [0, 0.05) is 92.4 Å². The predicted molar refractivity (Wildman–Crippen MR) is 313 cm³/mol. The molecule has 3 aliphatic carbocycles. The SMILES string of the molecule is C=C(/C=C\C(=C/C)C(C)C)C1c2cc(c(O)cc2O)C(C2=CC=C(C(C)C)CC=C2)c2cc(c(OC)cc2OC)C(C2=CCC=C(C(C)C)C=C2)c2cc(c(O)cc2O)C2C3=CC=C(C(C)C)B3Oc3cc(OC)c1cc32. The average molecular weight is 1030 g/mol. The smallest absolute Gasteiger partial charge is 0.419 e. The van der Waals surface area contributed by atoms with Crippen molar-refractivity contribution in [1.82, 2.24) is 0 Å². The van der Waals surface area contributed by atoms with E-state index in [0.717, 1.165) is 45.2 Å². The first-order valence-electron chi connectivity index (χ1n) is 27.2. The van der Waals surface area contributed by atoms with Crippen LogP contribution in [0.25, 0.3) is 0 Å². The van der Waals surface area contributed by atoms with Gasteiger partial charge in [0.1, 0.15) is 46.0 Å². The molecule has 0 amide bonds. The van der Waals surface area contributed by atoms with Crippen molar-refractivity contribution in [1.29, 1.82) is 0 Å². The molecule has 2 heterocycles. The van der Waals surface area contributed by atoms with Crippen molar-refractivity contribution < 1.29 is 39.3 Å². The van der Waals surface area contributed by atoms with Crippen LogP contribution in [0.2, 0.25) is 0 Å². The predicted octanol–water partition coefficient (Wildman–Crippen LogP) is 16.0. The Labute approximate surface area is 457 Å². The van der Waals surface area contributed by atoms with Crippen molar-refractivity contribution in [2.75, 3.05) is 21.3 Å². The number of rotatable bonds is 12. The molecule has 8 bridgehead atoms. The summed E-state index contributed by atoms with van der Waals surface area (Å²) >= 11 is 0. The Morgan fingerprint density at radius 3 is 1.77 bits per heavy atom. The molecule has 5 aliphatic rings. The number of methoxy groups -OCH3 is 3. The summed E-state index contributed by atoms with van der Waals surface area (Å²) in [5.74, 6) is -0.0601. The van der Waals surface area contributed by atoms with Gasteiger partial charge in [-0.1, -0.05) is 152 Å². The van der Waals surface area contributed by atoms with Gasteiger partial charge < -0.3 is 39.3 Å². The number of phenols is 4. The van der Waals surface area contributed by atoms with Crippen LogP contribution in [0.15, 0.2) is 178 Å². The average Bonchev–Trinajstić information content (AvgIpc) is 3.52. The van der Waals surface area contributed by atoms with Gasteiger partial charge in [0.2, 0.25) is 0 Å². The summed E-state index contributed by atoms with van der Waals surface area (Å²) in [6.45, 7) is 23.7. The van der Waals surface area contributed by atoms with Crippen LogP contribution in [0.1, 0.15) is 143 Å². The summed E-state index contributed by atoms with van der Waals surface area (Å²) in [4.78, 5) is 0. The molecule has 2 aliphatic heterocycles. The lowest BCUT2D eigenvalue weighted by atomic mass is 9.48. The molecule has 0 saturated heterocycles. The molecule has 77 heavy (non-hydrogen) atoms. The third kappa shape index (κ3) is 10.2. The van der Waals surface area contributed by atoms with Crippen molar-refractivity contribution in [3.63, 3.8) is 0 Å². The minimum Gasteiger partial charge on any atom is -0.551 e. The highest BCUT2D eigenvalue weighted by Gasteiger charge is 2.46. The van der Waals surface area contributed by atoms with Gasteiger partial charge in [-0.3, -0.25) is 0 Å². The van der Waals surface area contributed by atoms with Crippen molar-refractivity contribution in [3.8, 4) is 46.0 Å². The molecule has 4 aromatic rings. The third-order valence-electron chi connectivity index (χ3n) is 16.4. The Morgan fingerprint density at radius 2 is 1.17 bits per heavy atom. The summed E-state index contributed by atoms with van der Waals surface area (Å²) in [5, 5.41) is 50.2. The Bertz CT molecular complexity index is 3340. The fraction of sp³-hybridized carbons (Fsp3) is 0.324. The zero-order valence-corrected chi connectivity index (χ0v) is 46.9. The molecule has 0 aromatic heterocycles. The number of allylic oxidation sites excluding steroid dienone is 21. The van der Waals surface area contributed by atoms with Crippen LogP contribution in [0.4, 0.5) is 0 Å². The van der Waals surface area contributed by atoms with Gasteiger partial charge in [0.25, 0.3) is 0 Å². The second-order valence-electron chi connectivity index (χ2n) is 22.3.